The molecule has 2 aromatic rings. The molecule has 3 rings (SSSR count). The molecular formula is C16H21N3. The maximum atomic E-state index is 4.22. The largest absolute Gasteiger partial charge is 0.296 e. The van der Waals surface area contributed by atoms with Crippen LogP contribution in [0, 0.1) is 0 Å². The second-order valence-corrected chi connectivity index (χ2v) is 5.56. The highest BCUT2D eigenvalue weighted by Gasteiger charge is 2.19. The summed E-state index contributed by atoms with van der Waals surface area (Å²) in [5.74, 6) is 0. The van der Waals surface area contributed by atoms with E-state index < -0.39 is 0 Å². The molecule has 1 unspecified atom stereocenters. The van der Waals surface area contributed by atoms with Crippen LogP contribution in [0.25, 0.3) is 11.1 Å². The second-order valence-electron chi connectivity index (χ2n) is 5.56. The van der Waals surface area contributed by atoms with E-state index >= 15 is 0 Å². The van der Waals surface area contributed by atoms with Gasteiger partial charge in [0, 0.05) is 31.4 Å². The summed E-state index contributed by atoms with van der Waals surface area (Å²) in [6.07, 6.45) is 6.65. The molecule has 1 aliphatic heterocycles. The predicted molar refractivity (Wildman–Crippen MR) is 77.8 cm³/mol. The molecule has 0 spiro atoms. The van der Waals surface area contributed by atoms with Crippen LogP contribution in [-0.2, 0) is 13.6 Å². The molecule has 0 N–H and O–H groups in total. The zero-order valence-electron chi connectivity index (χ0n) is 11.7. The van der Waals surface area contributed by atoms with Gasteiger partial charge in [-0.3, -0.25) is 9.58 Å². The van der Waals surface area contributed by atoms with Crippen molar-refractivity contribution in [1.29, 1.82) is 0 Å². The highest BCUT2D eigenvalue weighted by atomic mass is 15.2. The smallest absolute Gasteiger partial charge is 0.0568 e. The molecule has 19 heavy (non-hydrogen) atoms. The van der Waals surface area contributed by atoms with Crippen LogP contribution in [0.5, 0.6) is 0 Å². The summed E-state index contributed by atoms with van der Waals surface area (Å²) >= 11 is 0. The molecule has 1 aromatic heterocycles. The summed E-state index contributed by atoms with van der Waals surface area (Å²) in [7, 11) is 1.95. The van der Waals surface area contributed by atoms with Crippen LogP contribution in [0.2, 0.25) is 0 Å². The Bertz CT molecular complexity index is 541. The van der Waals surface area contributed by atoms with Crippen LogP contribution in [0.4, 0.5) is 0 Å². The van der Waals surface area contributed by atoms with Gasteiger partial charge in [0.25, 0.3) is 0 Å². The topological polar surface area (TPSA) is 21.1 Å². The van der Waals surface area contributed by atoms with Gasteiger partial charge in [0.1, 0.15) is 0 Å². The van der Waals surface area contributed by atoms with Gasteiger partial charge in [-0.15, -0.1) is 0 Å². The van der Waals surface area contributed by atoms with Gasteiger partial charge in [-0.2, -0.15) is 5.10 Å². The molecule has 0 amide bonds. The minimum atomic E-state index is 0.734. The number of nitrogens with zero attached hydrogens (tertiary/aromatic N) is 3. The van der Waals surface area contributed by atoms with E-state index in [0.29, 0.717) is 0 Å². The second kappa shape index (κ2) is 5.17. The number of aryl methyl sites for hydroxylation is 1. The van der Waals surface area contributed by atoms with E-state index in [2.05, 4.69) is 47.4 Å². The van der Waals surface area contributed by atoms with Gasteiger partial charge in [0.2, 0.25) is 0 Å². The molecule has 3 nitrogen and oxygen atoms in total. The Morgan fingerprint density at radius 3 is 2.58 bits per heavy atom. The van der Waals surface area contributed by atoms with Crippen LogP contribution < -0.4 is 0 Å². The number of benzene rings is 1. The third-order valence-electron chi connectivity index (χ3n) is 4.07. The van der Waals surface area contributed by atoms with E-state index in [1.165, 1.54) is 36.1 Å². The van der Waals surface area contributed by atoms with E-state index in [9.17, 15) is 0 Å². The summed E-state index contributed by atoms with van der Waals surface area (Å²) in [5.41, 5.74) is 3.83. The van der Waals surface area contributed by atoms with Gasteiger partial charge >= 0.3 is 0 Å². The zero-order valence-corrected chi connectivity index (χ0v) is 11.7. The molecule has 3 heteroatoms. The maximum Gasteiger partial charge on any atom is 0.0568 e. The lowest BCUT2D eigenvalue weighted by Crippen LogP contribution is -2.26. The summed E-state index contributed by atoms with van der Waals surface area (Å²) in [6, 6.07) is 9.62. The van der Waals surface area contributed by atoms with E-state index in [1.54, 1.807) is 0 Å². The average molecular weight is 255 g/mol. The van der Waals surface area contributed by atoms with Crippen molar-refractivity contribution in [2.24, 2.45) is 7.05 Å². The lowest BCUT2D eigenvalue weighted by atomic mass is 10.1. The molecule has 100 valence electrons. The summed E-state index contributed by atoms with van der Waals surface area (Å²) in [4.78, 5) is 2.57. The van der Waals surface area contributed by atoms with Gasteiger partial charge in [-0.25, -0.2) is 0 Å². The number of hydrogen-bond acceptors (Lipinski definition) is 2. The highest BCUT2D eigenvalue weighted by Crippen LogP contribution is 2.22. The molecule has 1 fully saturated rings. The molecule has 1 saturated heterocycles. The molecule has 2 heterocycles. The first-order valence-electron chi connectivity index (χ1n) is 7.04. The van der Waals surface area contributed by atoms with E-state index in [0.717, 1.165) is 12.6 Å². The van der Waals surface area contributed by atoms with Crippen LogP contribution in [0.15, 0.2) is 36.7 Å². The van der Waals surface area contributed by atoms with Crippen LogP contribution in [0.1, 0.15) is 25.3 Å². The molecule has 1 aliphatic rings. The third-order valence-corrected chi connectivity index (χ3v) is 4.07. The lowest BCUT2D eigenvalue weighted by molar-refractivity contribution is 0.260. The first-order chi connectivity index (χ1) is 9.22. The van der Waals surface area contributed by atoms with Crippen molar-refractivity contribution in [3.8, 4) is 11.1 Å². The van der Waals surface area contributed by atoms with Crippen molar-refractivity contribution in [3.63, 3.8) is 0 Å². The number of likely N-dealkylation sites (tertiary alicyclic amines) is 1. The number of aromatic nitrogens is 2. The number of rotatable bonds is 3. The van der Waals surface area contributed by atoms with E-state index in [-0.39, 0.29) is 0 Å². The first kappa shape index (κ1) is 12.4. The number of hydrogen-bond donors (Lipinski definition) is 0. The molecule has 0 radical (unpaired) electrons. The minimum Gasteiger partial charge on any atom is -0.296 e. The third kappa shape index (κ3) is 2.71. The Labute approximate surface area is 114 Å². The molecule has 0 bridgehead atoms. The summed E-state index contributed by atoms with van der Waals surface area (Å²) < 4.78 is 1.84. The Morgan fingerprint density at radius 1 is 1.21 bits per heavy atom. The first-order valence-corrected chi connectivity index (χ1v) is 7.04. The molecule has 0 aliphatic carbocycles. The maximum absolute atomic E-state index is 4.22. The zero-order chi connectivity index (χ0) is 13.2. The molecule has 0 saturated carbocycles. The van der Waals surface area contributed by atoms with Crippen molar-refractivity contribution in [2.45, 2.75) is 32.4 Å². The highest BCUT2D eigenvalue weighted by molar-refractivity contribution is 5.61. The summed E-state index contributed by atoms with van der Waals surface area (Å²) in [6.45, 7) is 4.65. The van der Waals surface area contributed by atoms with Crippen molar-refractivity contribution in [3.05, 3.63) is 42.2 Å². The monoisotopic (exact) mass is 255 g/mol. The van der Waals surface area contributed by atoms with Gasteiger partial charge in [-0.05, 0) is 37.4 Å². The van der Waals surface area contributed by atoms with E-state index in [1.807, 2.05) is 17.9 Å². The van der Waals surface area contributed by atoms with Gasteiger partial charge in [0.15, 0.2) is 0 Å². The van der Waals surface area contributed by atoms with Crippen LogP contribution in [-0.4, -0.2) is 27.3 Å². The average Bonchev–Trinajstić information content (AvgIpc) is 3.00. The lowest BCUT2D eigenvalue weighted by Gasteiger charge is -2.20. The SMILES string of the molecule is CC1CCCN1Cc1ccc(-c2cnn(C)c2)cc1. The van der Waals surface area contributed by atoms with E-state index in [4.69, 9.17) is 0 Å². The van der Waals surface area contributed by atoms with Gasteiger partial charge < -0.3 is 0 Å². The van der Waals surface area contributed by atoms with Crippen LogP contribution >= 0.6 is 0 Å². The minimum absolute atomic E-state index is 0.734. The predicted octanol–water partition coefficient (Wildman–Crippen LogP) is 3.07. The fraction of sp³-hybridized carbons (Fsp3) is 0.438. The Morgan fingerprint density at radius 2 is 2.00 bits per heavy atom. The quantitative estimate of drug-likeness (QED) is 0.840. The summed E-state index contributed by atoms with van der Waals surface area (Å²) in [5, 5.41) is 4.22. The van der Waals surface area contributed by atoms with Crippen molar-refractivity contribution in [1.82, 2.24) is 14.7 Å². The Kier molecular flexibility index (Phi) is 3.38. The standard InChI is InChI=1S/C16H21N3/c1-13-4-3-9-19(13)11-14-5-7-15(8-6-14)16-10-17-18(2)12-16/h5-8,10,12-13H,3-4,9,11H2,1-2H3. The Hall–Kier alpha value is -1.61. The fourth-order valence-corrected chi connectivity index (χ4v) is 2.84. The van der Waals surface area contributed by atoms with Gasteiger partial charge in [0.05, 0.1) is 6.20 Å². The molecular weight excluding hydrogens is 234 g/mol. The van der Waals surface area contributed by atoms with Crippen LogP contribution in [0.3, 0.4) is 0 Å². The van der Waals surface area contributed by atoms with Crippen molar-refractivity contribution < 1.29 is 0 Å². The molecule has 1 atom stereocenters. The van der Waals surface area contributed by atoms with Crippen molar-refractivity contribution in [2.75, 3.05) is 6.54 Å². The normalized spacial score (nSPS) is 20.0. The molecule has 1 aromatic carbocycles. The Balaban J connectivity index is 1.72. The fourth-order valence-electron chi connectivity index (χ4n) is 2.84. The van der Waals surface area contributed by atoms with Crippen molar-refractivity contribution >= 4 is 0 Å². The van der Waals surface area contributed by atoms with Gasteiger partial charge in [-0.1, -0.05) is 24.3 Å².